The summed E-state index contributed by atoms with van der Waals surface area (Å²) in [6, 6.07) is 4.94. The smallest absolute Gasteiger partial charge is 0.234 e. The fourth-order valence-electron chi connectivity index (χ4n) is 4.81. The molecule has 4 heterocycles. The standard InChI is InChI=1S/C20H22FN5O2/c21-14-2-1-13-11-22-19(23-16(13)9-14)25-6-3-15(4-7-25)26-8-5-20(12-26)10-17(27)24-18(20)28/h1-2,9,11,15H,3-8,10,12H2,(H,24,27,28). The van der Waals surface area contributed by atoms with Crippen molar-refractivity contribution < 1.29 is 14.0 Å². The number of carbonyl (C=O) groups excluding carboxylic acids is 2. The van der Waals surface area contributed by atoms with Gasteiger partial charge in [-0.15, -0.1) is 0 Å². The van der Waals surface area contributed by atoms with Gasteiger partial charge in [0.1, 0.15) is 5.82 Å². The number of hydrogen-bond acceptors (Lipinski definition) is 6. The molecular weight excluding hydrogens is 361 g/mol. The van der Waals surface area contributed by atoms with Crippen LogP contribution in [0.4, 0.5) is 10.3 Å². The zero-order valence-corrected chi connectivity index (χ0v) is 15.5. The van der Waals surface area contributed by atoms with Gasteiger partial charge in [0.2, 0.25) is 17.8 Å². The van der Waals surface area contributed by atoms with Gasteiger partial charge < -0.3 is 4.90 Å². The van der Waals surface area contributed by atoms with Crippen molar-refractivity contribution in [2.24, 2.45) is 5.41 Å². The van der Waals surface area contributed by atoms with Gasteiger partial charge in [-0.05, 0) is 37.9 Å². The summed E-state index contributed by atoms with van der Waals surface area (Å²) in [6.45, 7) is 3.17. The van der Waals surface area contributed by atoms with Gasteiger partial charge in [-0.25, -0.2) is 14.4 Å². The molecule has 1 spiro atoms. The highest BCUT2D eigenvalue weighted by Gasteiger charge is 2.51. The van der Waals surface area contributed by atoms with Crippen LogP contribution in [0.2, 0.25) is 0 Å². The Hall–Kier alpha value is -2.61. The van der Waals surface area contributed by atoms with E-state index in [2.05, 4.69) is 25.1 Å². The lowest BCUT2D eigenvalue weighted by atomic mass is 9.85. The molecule has 1 aromatic heterocycles. The number of piperidine rings is 1. The number of amides is 2. The van der Waals surface area contributed by atoms with Gasteiger partial charge in [0.25, 0.3) is 0 Å². The molecule has 8 heteroatoms. The number of fused-ring (bicyclic) bond motifs is 1. The van der Waals surface area contributed by atoms with Crippen molar-refractivity contribution in [1.82, 2.24) is 20.2 Å². The second kappa shape index (κ2) is 6.48. The number of hydrogen-bond donors (Lipinski definition) is 1. The van der Waals surface area contributed by atoms with Gasteiger partial charge in [0, 0.05) is 49.7 Å². The number of anilines is 1. The lowest BCUT2D eigenvalue weighted by molar-refractivity contribution is -0.128. The number of imide groups is 1. The second-order valence-corrected chi connectivity index (χ2v) is 8.15. The van der Waals surface area contributed by atoms with Gasteiger partial charge >= 0.3 is 0 Å². The number of carbonyl (C=O) groups is 2. The zero-order chi connectivity index (χ0) is 19.3. The van der Waals surface area contributed by atoms with E-state index in [0.29, 0.717) is 30.5 Å². The van der Waals surface area contributed by atoms with Crippen molar-refractivity contribution in [1.29, 1.82) is 0 Å². The van der Waals surface area contributed by atoms with Crippen LogP contribution in [0.25, 0.3) is 10.9 Å². The van der Waals surface area contributed by atoms with Crippen molar-refractivity contribution in [3.05, 3.63) is 30.2 Å². The maximum atomic E-state index is 13.5. The predicted octanol–water partition coefficient (Wildman–Crippen LogP) is 1.48. The molecule has 2 amide bonds. The van der Waals surface area contributed by atoms with Crippen LogP contribution >= 0.6 is 0 Å². The third kappa shape index (κ3) is 2.92. The fourth-order valence-corrected chi connectivity index (χ4v) is 4.81. The lowest BCUT2D eigenvalue weighted by Crippen LogP contribution is -2.45. The van der Waals surface area contributed by atoms with Crippen molar-refractivity contribution in [3.63, 3.8) is 0 Å². The number of aromatic nitrogens is 2. The Morgan fingerprint density at radius 1 is 1.18 bits per heavy atom. The summed E-state index contributed by atoms with van der Waals surface area (Å²) in [5, 5.41) is 3.29. The summed E-state index contributed by atoms with van der Waals surface area (Å²) in [4.78, 5) is 37.3. The first-order chi connectivity index (χ1) is 13.5. The molecule has 1 N–H and O–H groups in total. The third-order valence-corrected chi connectivity index (χ3v) is 6.41. The molecule has 1 atom stereocenters. The van der Waals surface area contributed by atoms with Crippen LogP contribution in [0.15, 0.2) is 24.4 Å². The van der Waals surface area contributed by atoms with E-state index in [4.69, 9.17) is 0 Å². The Kier molecular flexibility index (Phi) is 4.04. The quantitative estimate of drug-likeness (QED) is 0.792. The van der Waals surface area contributed by atoms with Crippen LogP contribution in [0.1, 0.15) is 25.7 Å². The van der Waals surface area contributed by atoms with Gasteiger partial charge in [-0.2, -0.15) is 0 Å². The molecule has 7 nitrogen and oxygen atoms in total. The van der Waals surface area contributed by atoms with E-state index in [1.54, 1.807) is 12.3 Å². The Bertz CT molecular complexity index is 959. The Morgan fingerprint density at radius 3 is 2.75 bits per heavy atom. The van der Waals surface area contributed by atoms with Crippen LogP contribution in [-0.2, 0) is 9.59 Å². The largest absolute Gasteiger partial charge is 0.341 e. The van der Waals surface area contributed by atoms with Crippen LogP contribution < -0.4 is 10.2 Å². The first-order valence-electron chi connectivity index (χ1n) is 9.78. The van der Waals surface area contributed by atoms with Gasteiger partial charge in [0.05, 0.1) is 10.9 Å². The minimum atomic E-state index is -0.514. The van der Waals surface area contributed by atoms with E-state index in [9.17, 15) is 14.0 Å². The number of likely N-dealkylation sites (tertiary alicyclic amines) is 1. The van der Waals surface area contributed by atoms with Gasteiger partial charge in [-0.1, -0.05) is 0 Å². The van der Waals surface area contributed by atoms with E-state index < -0.39 is 5.41 Å². The van der Waals surface area contributed by atoms with Crippen LogP contribution in [0.5, 0.6) is 0 Å². The van der Waals surface area contributed by atoms with Crippen molar-refractivity contribution in [2.45, 2.75) is 31.7 Å². The second-order valence-electron chi connectivity index (χ2n) is 8.15. The third-order valence-electron chi connectivity index (χ3n) is 6.41. The lowest BCUT2D eigenvalue weighted by Gasteiger charge is -2.37. The molecule has 3 saturated heterocycles. The predicted molar refractivity (Wildman–Crippen MR) is 101 cm³/mol. The van der Waals surface area contributed by atoms with Crippen molar-refractivity contribution in [2.75, 3.05) is 31.1 Å². The van der Waals surface area contributed by atoms with Crippen LogP contribution in [-0.4, -0.2) is 58.9 Å². The monoisotopic (exact) mass is 383 g/mol. The summed E-state index contributed by atoms with van der Waals surface area (Å²) in [5.41, 5.74) is 0.102. The summed E-state index contributed by atoms with van der Waals surface area (Å²) >= 11 is 0. The molecule has 0 radical (unpaired) electrons. The highest BCUT2D eigenvalue weighted by Crippen LogP contribution is 2.39. The number of rotatable bonds is 2. The van der Waals surface area contributed by atoms with Gasteiger partial charge in [-0.3, -0.25) is 19.8 Å². The molecule has 0 bridgehead atoms. The van der Waals surface area contributed by atoms with Crippen LogP contribution in [0, 0.1) is 11.2 Å². The zero-order valence-electron chi connectivity index (χ0n) is 15.5. The molecule has 1 aromatic carbocycles. The Balaban J connectivity index is 1.25. The normalized spacial score (nSPS) is 26.5. The van der Waals surface area contributed by atoms with Gasteiger partial charge in [0.15, 0.2) is 0 Å². The molecule has 0 saturated carbocycles. The first-order valence-corrected chi connectivity index (χ1v) is 9.78. The molecule has 2 aromatic rings. The molecule has 146 valence electrons. The van der Waals surface area contributed by atoms with Crippen molar-refractivity contribution >= 4 is 28.7 Å². The molecule has 28 heavy (non-hydrogen) atoms. The average Bonchev–Trinajstić information content (AvgIpc) is 3.24. The summed E-state index contributed by atoms with van der Waals surface area (Å²) in [6.07, 6.45) is 4.72. The maximum absolute atomic E-state index is 13.5. The van der Waals surface area contributed by atoms with E-state index in [1.807, 2.05) is 0 Å². The SMILES string of the molecule is O=C1CC2(CCN(C3CCN(c4ncc5ccc(F)cc5n4)CC3)C2)C(=O)N1. The highest BCUT2D eigenvalue weighted by molar-refractivity contribution is 6.06. The topological polar surface area (TPSA) is 78.4 Å². The molecule has 3 aliphatic rings. The number of benzene rings is 1. The molecule has 0 aliphatic carbocycles. The van der Waals surface area contributed by atoms with Crippen LogP contribution in [0.3, 0.4) is 0 Å². The Labute approximate surface area is 161 Å². The minimum absolute atomic E-state index is 0.103. The maximum Gasteiger partial charge on any atom is 0.234 e. The van der Waals surface area contributed by atoms with E-state index in [1.165, 1.54) is 12.1 Å². The molecule has 5 rings (SSSR count). The van der Waals surface area contributed by atoms with E-state index >= 15 is 0 Å². The number of nitrogens with one attached hydrogen (secondary N) is 1. The minimum Gasteiger partial charge on any atom is -0.341 e. The fraction of sp³-hybridized carbons (Fsp3) is 0.500. The number of nitrogens with zero attached hydrogens (tertiary/aromatic N) is 4. The Morgan fingerprint density at radius 2 is 2.00 bits per heavy atom. The molecule has 1 unspecified atom stereocenters. The molecular formula is C20H22FN5O2. The van der Waals surface area contributed by atoms with Crippen molar-refractivity contribution in [3.8, 4) is 0 Å². The summed E-state index contributed by atoms with van der Waals surface area (Å²) in [7, 11) is 0. The average molecular weight is 383 g/mol. The molecule has 3 aliphatic heterocycles. The van der Waals surface area contributed by atoms with E-state index in [-0.39, 0.29) is 17.6 Å². The summed E-state index contributed by atoms with van der Waals surface area (Å²) < 4.78 is 13.5. The molecule has 3 fully saturated rings. The first kappa shape index (κ1) is 17.5. The van der Waals surface area contributed by atoms with E-state index in [0.717, 1.165) is 44.3 Å². The summed E-state index contributed by atoms with van der Waals surface area (Å²) in [5.74, 6) is 0.0873. The number of halogens is 1. The highest BCUT2D eigenvalue weighted by atomic mass is 19.1.